The molecule has 0 bridgehead atoms. The van der Waals surface area contributed by atoms with Gasteiger partial charge in [-0.2, -0.15) is 5.10 Å². The molecule has 9 heteroatoms. The molecule has 3 rings (SSSR count). The Bertz CT molecular complexity index is 636. The minimum atomic E-state index is 0. The molecule has 1 fully saturated rings. The van der Waals surface area contributed by atoms with Crippen molar-refractivity contribution in [3.05, 3.63) is 11.6 Å². The summed E-state index contributed by atoms with van der Waals surface area (Å²) < 4.78 is 7.61. The number of hydrogen-bond acceptors (Lipinski definition) is 5. The van der Waals surface area contributed by atoms with E-state index in [1.54, 1.807) is 0 Å². The minimum Gasteiger partial charge on any atom is -0.379 e. The van der Waals surface area contributed by atoms with E-state index in [2.05, 4.69) is 58.0 Å². The zero-order chi connectivity index (χ0) is 19.2. The third kappa shape index (κ3) is 6.03. The van der Waals surface area contributed by atoms with Gasteiger partial charge in [0, 0.05) is 44.1 Å². The molecule has 0 amide bonds. The van der Waals surface area contributed by atoms with Crippen LogP contribution >= 0.6 is 24.0 Å². The molecule has 2 N–H and O–H groups in total. The van der Waals surface area contributed by atoms with E-state index in [0.29, 0.717) is 18.1 Å². The van der Waals surface area contributed by atoms with Crippen molar-refractivity contribution in [2.45, 2.75) is 71.6 Å². The Morgan fingerprint density at radius 1 is 1.39 bits per heavy atom. The Hall–Kier alpha value is -0.940. The predicted molar refractivity (Wildman–Crippen MR) is 122 cm³/mol. The molecule has 1 aromatic rings. The number of morpholine rings is 1. The molecule has 2 aliphatic rings. The number of fused-ring (bicyclic) bond motifs is 1. The van der Waals surface area contributed by atoms with E-state index in [1.165, 1.54) is 0 Å². The number of aliphatic imine (C=N–C) groups is 1. The van der Waals surface area contributed by atoms with Gasteiger partial charge >= 0.3 is 0 Å². The van der Waals surface area contributed by atoms with Crippen molar-refractivity contribution in [2.24, 2.45) is 4.99 Å². The molecule has 2 aliphatic heterocycles. The van der Waals surface area contributed by atoms with Gasteiger partial charge in [-0.1, -0.05) is 6.92 Å². The summed E-state index contributed by atoms with van der Waals surface area (Å²) >= 11 is 0. The highest BCUT2D eigenvalue weighted by molar-refractivity contribution is 14.0. The third-order valence-corrected chi connectivity index (χ3v) is 5.40. The summed E-state index contributed by atoms with van der Waals surface area (Å²) in [5.74, 6) is 2.95. The van der Waals surface area contributed by atoms with Crippen molar-refractivity contribution in [1.82, 2.24) is 30.3 Å². The Morgan fingerprint density at radius 2 is 2.21 bits per heavy atom. The highest BCUT2D eigenvalue weighted by Gasteiger charge is 2.24. The number of hydrogen-bond donors (Lipinski definition) is 2. The van der Waals surface area contributed by atoms with Crippen molar-refractivity contribution in [3.8, 4) is 0 Å². The lowest BCUT2D eigenvalue weighted by molar-refractivity contribution is -0.0165. The second-order valence-electron chi connectivity index (χ2n) is 7.59. The second-order valence-corrected chi connectivity index (χ2v) is 7.59. The number of guanidine groups is 1. The fraction of sp³-hybridized carbons (Fsp3) is 0.842. The topological polar surface area (TPSA) is 79.6 Å². The van der Waals surface area contributed by atoms with Gasteiger partial charge in [-0.05, 0) is 27.2 Å². The summed E-state index contributed by atoms with van der Waals surface area (Å²) in [5, 5.41) is 11.6. The van der Waals surface area contributed by atoms with Crippen LogP contribution in [0.25, 0.3) is 0 Å². The normalized spacial score (nSPS) is 24.2. The fourth-order valence-corrected chi connectivity index (χ4v) is 3.86. The highest BCUT2D eigenvalue weighted by Crippen LogP contribution is 2.14. The quantitative estimate of drug-likeness (QED) is 0.346. The van der Waals surface area contributed by atoms with Gasteiger partial charge < -0.3 is 15.4 Å². The maximum absolute atomic E-state index is 5.55. The lowest BCUT2D eigenvalue weighted by Gasteiger charge is -2.37. The molecule has 0 radical (unpaired) electrons. The number of rotatable bonds is 6. The number of aromatic nitrogens is 3. The largest absolute Gasteiger partial charge is 0.379 e. The van der Waals surface area contributed by atoms with Gasteiger partial charge in [-0.25, -0.2) is 9.67 Å². The smallest absolute Gasteiger partial charge is 0.191 e. The molecular formula is C19H36IN7O. The Balaban J connectivity index is 0.00000280. The molecule has 3 atom stereocenters. The van der Waals surface area contributed by atoms with E-state index in [9.17, 15) is 0 Å². The maximum atomic E-state index is 5.55. The van der Waals surface area contributed by atoms with Crippen molar-refractivity contribution >= 4 is 29.9 Å². The minimum absolute atomic E-state index is 0. The zero-order valence-corrected chi connectivity index (χ0v) is 20.0. The average molecular weight is 505 g/mol. The first-order valence-electron chi connectivity index (χ1n) is 10.4. The van der Waals surface area contributed by atoms with E-state index in [0.717, 1.165) is 76.3 Å². The van der Waals surface area contributed by atoms with Gasteiger partial charge in [0.2, 0.25) is 0 Å². The molecule has 3 unspecified atom stereocenters. The second kappa shape index (κ2) is 11.3. The van der Waals surface area contributed by atoms with Gasteiger partial charge in [0.1, 0.15) is 5.82 Å². The van der Waals surface area contributed by atoms with Crippen molar-refractivity contribution in [1.29, 1.82) is 0 Å². The lowest BCUT2D eigenvalue weighted by atomic mass is 10.1. The fourth-order valence-electron chi connectivity index (χ4n) is 3.86. The molecule has 0 saturated carbocycles. The lowest BCUT2D eigenvalue weighted by Crippen LogP contribution is -2.50. The molecular weight excluding hydrogens is 469 g/mol. The summed E-state index contributed by atoms with van der Waals surface area (Å²) in [6.07, 6.45) is 2.91. The number of nitrogens with one attached hydrogen (secondary N) is 2. The van der Waals surface area contributed by atoms with E-state index in [1.807, 2.05) is 0 Å². The monoisotopic (exact) mass is 505 g/mol. The molecule has 1 saturated heterocycles. The van der Waals surface area contributed by atoms with Crippen LogP contribution in [0.3, 0.4) is 0 Å². The van der Waals surface area contributed by atoms with Gasteiger partial charge in [-0.15, -0.1) is 24.0 Å². The molecule has 28 heavy (non-hydrogen) atoms. The van der Waals surface area contributed by atoms with Crippen LogP contribution in [0.2, 0.25) is 0 Å². The maximum Gasteiger partial charge on any atom is 0.191 e. The van der Waals surface area contributed by atoms with Crippen LogP contribution in [0, 0.1) is 0 Å². The van der Waals surface area contributed by atoms with Gasteiger partial charge in [0.05, 0.1) is 26.3 Å². The highest BCUT2D eigenvalue weighted by atomic mass is 127. The summed E-state index contributed by atoms with van der Waals surface area (Å²) in [6, 6.07) is 1.19. The summed E-state index contributed by atoms with van der Waals surface area (Å²) in [5.41, 5.74) is 0. The Kier molecular flexibility index (Phi) is 9.42. The van der Waals surface area contributed by atoms with E-state index < -0.39 is 0 Å². The van der Waals surface area contributed by atoms with Crippen LogP contribution in [0.15, 0.2) is 4.99 Å². The SMILES string of the molecule is CCNC(=NCC(C)N1CCOCC1C)NC1CCc2nc(CC)nn2C1.I. The Labute approximate surface area is 185 Å². The van der Waals surface area contributed by atoms with E-state index in [-0.39, 0.29) is 24.0 Å². The molecule has 8 nitrogen and oxygen atoms in total. The van der Waals surface area contributed by atoms with Crippen LogP contribution in [-0.4, -0.2) is 76.6 Å². The molecule has 1 aromatic heterocycles. The molecule has 160 valence electrons. The number of halogens is 1. The number of ether oxygens (including phenoxy) is 1. The van der Waals surface area contributed by atoms with Crippen molar-refractivity contribution in [3.63, 3.8) is 0 Å². The number of nitrogens with zero attached hydrogens (tertiary/aromatic N) is 5. The van der Waals surface area contributed by atoms with Gasteiger partial charge in [0.25, 0.3) is 0 Å². The number of aryl methyl sites for hydroxylation is 2. The third-order valence-electron chi connectivity index (χ3n) is 5.40. The van der Waals surface area contributed by atoms with Crippen LogP contribution in [0.4, 0.5) is 0 Å². The van der Waals surface area contributed by atoms with Gasteiger partial charge in [0.15, 0.2) is 11.8 Å². The van der Waals surface area contributed by atoms with Crippen LogP contribution in [0.5, 0.6) is 0 Å². The summed E-state index contributed by atoms with van der Waals surface area (Å²) in [6.45, 7) is 13.8. The Morgan fingerprint density at radius 3 is 2.93 bits per heavy atom. The van der Waals surface area contributed by atoms with Crippen LogP contribution < -0.4 is 10.6 Å². The van der Waals surface area contributed by atoms with Crippen molar-refractivity contribution in [2.75, 3.05) is 32.8 Å². The van der Waals surface area contributed by atoms with E-state index in [4.69, 9.17) is 9.73 Å². The van der Waals surface area contributed by atoms with Crippen LogP contribution in [-0.2, 0) is 24.1 Å². The molecule has 0 aromatic carbocycles. The first-order chi connectivity index (χ1) is 13.1. The molecule has 0 spiro atoms. The van der Waals surface area contributed by atoms with Crippen molar-refractivity contribution < 1.29 is 4.74 Å². The van der Waals surface area contributed by atoms with Crippen LogP contribution in [0.1, 0.15) is 45.8 Å². The van der Waals surface area contributed by atoms with E-state index >= 15 is 0 Å². The summed E-state index contributed by atoms with van der Waals surface area (Å²) in [7, 11) is 0. The first-order valence-corrected chi connectivity index (χ1v) is 10.4. The zero-order valence-electron chi connectivity index (χ0n) is 17.6. The predicted octanol–water partition coefficient (Wildman–Crippen LogP) is 1.44. The first kappa shape index (κ1) is 23.3. The average Bonchev–Trinajstić information content (AvgIpc) is 3.09. The molecule has 3 heterocycles. The van der Waals surface area contributed by atoms with Gasteiger partial charge in [-0.3, -0.25) is 9.89 Å². The summed E-state index contributed by atoms with van der Waals surface area (Å²) in [4.78, 5) is 12.0. The molecule has 0 aliphatic carbocycles. The standard InChI is InChI=1S/C19H35N7O.HI/c1-5-17-23-18-8-7-16(12-26(18)24-17)22-19(20-6-2)21-11-14(3)25-9-10-27-13-15(25)4;/h14-16H,5-13H2,1-4H3,(H2,20,21,22);1H.